The van der Waals surface area contributed by atoms with Gasteiger partial charge in [0, 0.05) is 11.6 Å². The molecule has 0 radical (unpaired) electrons. The normalized spacial score (nSPS) is 12.8. The molecular formula is C18H13F3N2O2. The van der Waals surface area contributed by atoms with Crippen molar-refractivity contribution in [3.8, 4) is 0 Å². The lowest BCUT2D eigenvalue weighted by atomic mass is 10.1. The van der Waals surface area contributed by atoms with Crippen LogP contribution in [-0.4, -0.2) is 16.0 Å². The monoisotopic (exact) mass is 346 g/mol. The van der Waals surface area contributed by atoms with Crippen molar-refractivity contribution in [1.29, 1.82) is 0 Å². The summed E-state index contributed by atoms with van der Waals surface area (Å²) in [4.78, 5) is 16.4. The highest BCUT2D eigenvalue weighted by molar-refractivity contribution is 6.02. The van der Waals surface area contributed by atoms with Gasteiger partial charge in [-0.15, -0.1) is 0 Å². The number of rotatable bonds is 3. The van der Waals surface area contributed by atoms with Gasteiger partial charge in [-0.2, -0.15) is 13.2 Å². The fourth-order valence-electron chi connectivity index (χ4n) is 2.42. The molecule has 0 aliphatic heterocycles. The molecule has 0 saturated heterocycles. The Hall–Kier alpha value is -2.93. The number of nitrogens with zero attached hydrogens (tertiary/aromatic N) is 1. The Balaban J connectivity index is 1.81. The molecule has 1 unspecified atom stereocenters. The number of hydrogen-bond acceptors (Lipinski definition) is 3. The summed E-state index contributed by atoms with van der Waals surface area (Å²) in [5.74, 6) is -0.740. The van der Waals surface area contributed by atoms with Crippen molar-refractivity contribution in [2.45, 2.75) is 12.3 Å². The van der Waals surface area contributed by atoms with Crippen LogP contribution >= 0.6 is 0 Å². The van der Waals surface area contributed by atoms with Crippen molar-refractivity contribution in [1.82, 2.24) is 4.98 Å². The highest BCUT2D eigenvalue weighted by atomic mass is 19.4. The molecule has 128 valence electrons. The Labute approximate surface area is 140 Å². The Morgan fingerprint density at radius 3 is 2.44 bits per heavy atom. The maximum Gasteiger partial charge on any atom is 0.416 e. The Bertz CT molecular complexity index is 903. The zero-order valence-electron chi connectivity index (χ0n) is 12.8. The molecule has 0 saturated carbocycles. The second-order valence-corrected chi connectivity index (χ2v) is 5.39. The Morgan fingerprint density at radius 1 is 1.04 bits per heavy atom. The zero-order valence-corrected chi connectivity index (χ0v) is 12.8. The predicted molar refractivity (Wildman–Crippen MR) is 86.8 cm³/mol. The van der Waals surface area contributed by atoms with Gasteiger partial charge in [0.25, 0.3) is 5.91 Å². The summed E-state index contributed by atoms with van der Waals surface area (Å²) in [7, 11) is 0. The molecule has 0 aliphatic rings. The standard InChI is InChI=1S/C18H13F3N2O2/c19-18(20,21)12-8-6-11(7-9-12)16(24)17(25)23-15-5-1-4-14-13(15)3-2-10-22-14/h1-10,16,24H,(H,23,25). The second-order valence-electron chi connectivity index (χ2n) is 5.39. The third-order valence-electron chi connectivity index (χ3n) is 3.71. The zero-order chi connectivity index (χ0) is 18.0. The van der Waals surface area contributed by atoms with Crippen LogP contribution in [0.5, 0.6) is 0 Å². The van der Waals surface area contributed by atoms with Crippen LogP contribution in [0.1, 0.15) is 17.2 Å². The van der Waals surface area contributed by atoms with Gasteiger partial charge in [0.05, 0.1) is 16.8 Å². The second kappa shape index (κ2) is 6.52. The van der Waals surface area contributed by atoms with E-state index in [4.69, 9.17) is 0 Å². The topological polar surface area (TPSA) is 62.2 Å². The van der Waals surface area contributed by atoms with E-state index in [1.807, 2.05) is 0 Å². The minimum atomic E-state index is -4.47. The lowest BCUT2D eigenvalue weighted by Gasteiger charge is -2.14. The number of aromatic nitrogens is 1. The summed E-state index contributed by atoms with van der Waals surface area (Å²) in [6.45, 7) is 0. The Morgan fingerprint density at radius 2 is 1.76 bits per heavy atom. The number of nitrogens with one attached hydrogen (secondary N) is 1. The van der Waals surface area contributed by atoms with Crippen LogP contribution < -0.4 is 5.32 Å². The first kappa shape index (κ1) is 16.9. The molecule has 0 spiro atoms. The molecule has 1 atom stereocenters. The van der Waals surface area contributed by atoms with E-state index in [1.54, 1.807) is 36.5 Å². The lowest BCUT2D eigenvalue weighted by Crippen LogP contribution is -2.21. The number of fused-ring (bicyclic) bond motifs is 1. The smallest absolute Gasteiger partial charge is 0.378 e. The number of carbonyl (C=O) groups is 1. The van der Waals surface area contributed by atoms with Gasteiger partial charge in [-0.3, -0.25) is 9.78 Å². The largest absolute Gasteiger partial charge is 0.416 e. The molecule has 2 aromatic carbocycles. The number of amides is 1. The fourth-order valence-corrected chi connectivity index (χ4v) is 2.42. The number of benzene rings is 2. The van der Waals surface area contributed by atoms with Gasteiger partial charge in [-0.25, -0.2) is 0 Å². The molecule has 1 heterocycles. The highest BCUT2D eigenvalue weighted by Crippen LogP contribution is 2.30. The molecule has 0 fully saturated rings. The van der Waals surface area contributed by atoms with Crippen LogP contribution in [0.2, 0.25) is 0 Å². The van der Waals surface area contributed by atoms with Gasteiger partial charge in [0.2, 0.25) is 0 Å². The molecule has 7 heteroatoms. The van der Waals surface area contributed by atoms with Crippen LogP contribution in [0.25, 0.3) is 10.9 Å². The average molecular weight is 346 g/mol. The number of halogens is 3. The van der Waals surface area contributed by atoms with Crippen molar-refractivity contribution in [2.75, 3.05) is 5.32 Å². The summed E-state index contributed by atoms with van der Waals surface area (Å²) in [5.41, 5.74) is 0.360. The molecule has 0 bridgehead atoms. The first-order valence-electron chi connectivity index (χ1n) is 7.36. The number of alkyl halides is 3. The minimum absolute atomic E-state index is 0.0730. The molecule has 1 amide bonds. The van der Waals surface area contributed by atoms with Crippen LogP contribution in [0.4, 0.5) is 18.9 Å². The van der Waals surface area contributed by atoms with Crippen molar-refractivity contribution in [3.63, 3.8) is 0 Å². The molecular weight excluding hydrogens is 333 g/mol. The Kier molecular flexibility index (Phi) is 4.41. The van der Waals surface area contributed by atoms with Crippen molar-refractivity contribution >= 4 is 22.5 Å². The van der Waals surface area contributed by atoms with Gasteiger partial charge in [0.1, 0.15) is 0 Å². The number of aliphatic hydroxyl groups is 1. The summed E-state index contributed by atoms with van der Waals surface area (Å²) in [5, 5.41) is 13.4. The van der Waals surface area contributed by atoms with Crippen molar-refractivity contribution in [3.05, 3.63) is 71.9 Å². The molecule has 3 rings (SSSR count). The van der Waals surface area contributed by atoms with Gasteiger partial charge < -0.3 is 10.4 Å². The maximum absolute atomic E-state index is 12.6. The SMILES string of the molecule is O=C(Nc1cccc2ncccc12)C(O)c1ccc(C(F)(F)F)cc1. The fraction of sp³-hybridized carbons (Fsp3) is 0.111. The third-order valence-corrected chi connectivity index (χ3v) is 3.71. The molecule has 4 nitrogen and oxygen atoms in total. The van der Waals surface area contributed by atoms with Gasteiger partial charge in [-0.1, -0.05) is 18.2 Å². The summed E-state index contributed by atoms with van der Waals surface area (Å²) >= 11 is 0. The van der Waals surface area contributed by atoms with Gasteiger partial charge >= 0.3 is 6.18 Å². The lowest BCUT2D eigenvalue weighted by molar-refractivity contribution is -0.137. The van der Waals surface area contributed by atoms with E-state index in [0.717, 1.165) is 24.3 Å². The molecule has 3 aromatic rings. The summed E-state index contributed by atoms with van der Waals surface area (Å²) < 4.78 is 37.7. The van der Waals surface area contributed by atoms with Crippen LogP contribution in [-0.2, 0) is 11.0 Å². The molecule has 0 aliphatic carbocycles. The molecule has 1 aromatic heterocycles. The van der Waals surface area contributed by atoms with Crippen molar-refractivity contribution < 1.29 is 23.1 Å². The van der Waals surface area contributed by atoms with E-state index in [9.17, 15) is 23.1 Å². The number of anilines is 1. The van der Waals surface area contributed by atoms with Gasteiger partial charge in [0.15, 0.2) is 6.10 Å². The number of carbonyl (C=O) groups excluding carboxylic acids is 1. The maximum atomic E-state index is 12.6. The summed E-state index contributed by atoms with van der Waals surface area (Å²) in [6.07, 6.45) is -4.44. The minimum Gasteiger partial charge on any atom is -0.378 e. The van der Waals surface area contributed by atoms with Crippen LogP contribution in [0.15, 0.2) is 60.8 Å². The average Bonchev–Trinajstić information content (AvgIpc) is 2.61. The van der Waals surface area contributed by atoms with Gasteiger partial charge in [-0.05, 0) is 42.0 Å². The van der Waals surface area contributed by atoms with E-state index < -0.39 is 23.8 Å². The van der Waals surface area contributed by atoms with E-state index in [-0.39, 0.29) is 5.56 Å². The number of pyridine rings is 1. The highest BCUT2D eigenvalue weighted by Gasteiger charge is 2.30. The van der Waals surface area contributed by atoms with Crippen LogP contribution in [0.3, 0.4) is 0 Å². The van der Waals surface area contributed by atoms with E-state index in [2.05, 4.69) is 10.3 Å². The quantitative estimate of drug-likeness (QED) is 0.755. The predicted octanol–water partition coefficient (Wildman–Crippen LogP) is 3.93. The first-order chi connectivity index (χ1) is 11.9. The number of aliphatic hydroxyl groups excluding tert-OH is 1. The van der Waals surface area contributed by atoms with Crippen molar-refractivity contribution in [2.24, 2.45) is 0 Å². The van der Waals surface area contributed by atoms with E-state index in [0.29, 0.717) is 16.6 Å². The van der Waals surface area contributed by atoms with Crippen LogP contribution in [0, 0.1) is 0 Å². The molecule has 25 heavy (non-hydrogen) atoms. The first-order valence-corrected chi connectivity index (χ1v) is 7.36. The number of hydrogen-bond donors (Lipinski definition) is 2. The van der Waals surface area contributed by atoms with E-state index >= 15 is 0 Å². The summed E-state index contributed by atoms with van der Waals surface area (Å²) in [6, 6.07) is 12.4. The molecule has 2 N–H and O–H groups in total. The third kappa shape index (κ3) is 3.61. The van der Waals surface area contributed by atoms with E-state index in [1.165, 1.54) is 0 Å².